The van der Waals surface area contributed by atoms with Crippen molar-refractivity contribution >= 4 is 23.1 Å². The van der Waals surface area contributed by atoms with E-state index in [9.17, 15) is 18.4 Å². The van der Waals surface area contributed by atoms with Gasteiger partial charge in [0.25, 0.3) is 18.2 Å². The van der Waals surface area contributed by atoms with Crippen LogP contribution in [0.1, 0.15) is 39.9 Å². The van der Waals surface area contributed by atoms with E-state index in [1.807, 2.05) is 6.92 Å². The molecule has 1 aromatic carbocycles. The molecule has 11 nitrogen and oxygen atoms in total. The van der Waals surface area contributed by atoms with Crippen LogP contribution in [0.4, 0.5) is 14.5 Å². The van der Waals surface area contributed by atoms with Crippen molar-refractivity contribution in [1.82, 2.24) is 29.3 Å². The second-order valence-electron chi connectivity index (χ2n) is 8.44. The van der Waals surface area contributed by atoms with Crippen LogP contribution in [0.2, 0.25) is 0 Å². The molecule has 3 aromatic heterocycles. The molecule has 0 saturated carbocycles. The van der Waals surface area contributed by atoms with Crippen LogP contribution in [0.3, 0.4) is 0 Å². The number of aromatic nitrogens is 5. The van der Waals surface area contributed by atoms with Gasteiger partial charge < -0.3 is 19.7 Å². The first-order chi connectivity index (χ1) is 18.4. The molecule has 1 aliphatic rings. The fourth-order valence-corrected chi connectivity index (χ4v) is 4.34. The predicted octanol–water partition coefficient (Wildman–Crippen LogP) is 3.28. The number of halogens is 2. The van der Waals surface area contributed by atoms with Gasteiger partial charge in [0.1, 0.15) is 22.7 Å². The number of para-hydroxylation sites is 1. The van der Waals surface area contributed by atoms with Gasteiger partial charge >= 0.3 is 0 Å². The summed E-state index contributed by atoms with van der Waals surface area (Å²) in [4.78, 5) is 32.8. The number of methoxy groups -OCH3 is 1. The minimum atomic E-state index is -2.88. The Morgan fingerprint density at radius 3 is 2.63 bits per heavy atom. The lowest BCUT2D eigenvalue weighted by Crippen LogP contribution is -2.41. The summed E-state index contributed by atoms with van der Waals surface area (Å²) in [7, 11) is 1.47. The Balaban J connectivity index is 1.54. The molecule has 5 rings (SSSR count). The van der Waals surface area contributed by atoms with E-state index in [1.165, 1.54) is 30.3 Å². The Labute approximate surface area is 216 Å². The van der Waals surface area contributed by atoms with Crippen LogP contribution < -0.4 is 10.1 Å². The number of nitrogens with one attached hydrogen (secondary N) is 1. The van der Waals surface area contributed by atoms with Gasteiger partial charge in [0.15, 0.2) is 5.65 Å². The van der Waals surface area contributed by atoms with Crippen molar-refractivity contribution in [1.29, 1.82) is 0 Å². The number of fused-ring (bicyclic) bond motifs is 1. The van der Waals surface area contributed by atoms with E-state index >= 15 is 0 Å². The van der Waals surface area contributed by atoms with Gasteiger partial charge in [0, 0.05) is 25.2 Å². The number of hydrogen-bond donors (Lipinski definition) is 1. The molecular formula is C25H25F2N7O4. The second-order valence-corrected chi connectivity index (χ2v) is 8.44. The molecule has 0 bridgehead atoms. The molecular weight excluding hydrogens is 500 g/mol. The zero-order valence-electron chi connectivity index (χ0n) is 20.7. The van der Waals surface area contributed by atoms with Crippen LogP contribution in [0, 0.1) is 0 Å². The molecule has 1 N–H and O–H groups in total. The summed E-state index contributed by atoms with van der Waals surface area (Å²) in [5.74, 6) is -0.524. The maximum absolute atomic E-state index is 14.0. The first kappa shape index (κ1) is 25.3. The molecule has 38 heavy (non-hydrogen) atoms. The lowest BCUT2D eigenvalue weighted by atomic mass is 10.1. The molecule has 1 saturated heterocycles. The van der Waals surface area contributed by atoms with Crippen molar-refractivity contribution < 1.29 is 27.8 Å². The number of anilines is 1. The summed E-state index contributed by atoms with van der Waals surface area (Å²) in [6, 6.07) is 8.07. The topological polar surface area (TPSA) is 116 Å². The molecule has 13 heteroatoms. The van der Waals surface area contributed by atoms with E-state index in [1.54, 1.807) is 29.2 Å². The van der Waals surface area contributed by atoms with Crippen molar-refractivity contribution in [2.24, 2.45) is 0 Å². The number of ether oxygens (including phenoxy) is 2. The van der Waals surface area contributed by atoms with Gasteiger partial charge in [-0.05, 0) is 25.1 Å². The van der Waals surface area contributed by atoms with Crippen molar-refractivity contribution in [2.75, 3.05) is 38.7 Å². The smallest absolute Gasteiger partial charge is 0.280 e. The summed E-state index contributed by atoms with van der Waals surface area (Å²) in [5.41, 5.74) is 0.550. The van der Waals surface area contributed by atoms with Crippen LogP contribution in [0.5, 0.6) is 5.75 Å². The minimum Gasteiger partial charge on any atom is -0.496 e. The lowest BCUT2D eigenvalue weighted by molar-refractivity contribution is 0.0295. The predicted molar refractivity (Wildman–Crippen MR) is 133 cm³/mol. The largest absolute Gasteiger partial charge is 0.496 e. The van der Waals surface area contributed by atoms with Crippen molar-refractivity contribution in [3.63, 3.8) is 0 Å². The van der Waals surface area contributed by atoms with Gasteiger partial charge in [-0.25, -0.2) is 18.3 Å². The molecule has 0 unspecified atom stereocenters. The summed E-state index contributed by atoms with van der Waals surface area (Å²) >= 11 is 0. The Kier molecular flexibility index (Phi) is 7.01. The van der Waals surface area contributed by atoms with Crippen molar-refractivity contribution in [3.05, 3.63) is 59.7 Å². The number of alkyl halides is 2. The Morgan fingerprint density at radius 2 is 1.92 bits per heavy atom. The Bertz CT molecular complexity index is 1490. The number of hydrogen-bond acceptors (Lipinski definition) is 7. The molecule has 198 valence electrons. The molecule has 1 aliphatic heterocycles. The zero-order valence-corrected chi connectivity index (χ0v) is 20.7. The minimum absolute atomic E-state index is 0.0438. The maximum atomic E-state index is 14.0. The molecule has 4 heterocycles. The summed E-state index contributed by atoms with van der Waals surface area (Å²) < 4.78 is 41.1. The molecule has 4 aromatic rings. The molecule has 0 spiro atoms. The highest BCUT2D eigenvalue weighted by Crippen LogP contribution is 2.32. The first-order valence-electron chi connectivity index (χ1n) is 12.0. The highest BCUT2D eigenvalue weighted by Gasteiger charge is 2.28. The van der Waals surface area contributed by atoms with Gasteiger partial charge in [0.2, 0.25) is 0 Å². The van der Waals surface area contributed by atoms with E-state index in [2.05, 4.69) is 20.5 Å². The zero-order chi connectivity index (χ0) is 26.8. The van der Waals surface area contributed by atoms with E-state index in [0.717, 1.165) is 4.52 Å². The number of nitrogens with zero attached hydrogens (tertiary/aromatic N) is 6. The van der Waals surface area contributed by atoms with Crippen LogP contribution in [-0.4, -0.2) is 74.5 Å². The number of amides is 2. The van der Waals surface area contributed by atoms with E-state index < -0.39 is 18.0 Å². The normalized spacial score (nSPS) is 13.8. The van der Waals surface area contributed by atoms with Crippen molar-refractivity contribution in [3.8, 4) is 17.0 Å². The second kappa shape index (κ2) is 10.5. The number of carbonyl (C=O) groups excluding carboxylic acids is 2. The fraction of sp³-hybridized carbons (Fsp3) is 0.320. The van der Waals surface area contributed by atoms with Crippen molar-refractivity contribution in [2.45, 2.75) is 19.9 Å². The highest BCUT2D eigenvalue weighted by atomic mass is 19.3. The van der Waals surface area contributed by atoms with Gasteiger partial charge in [-0.15, -0.1) is 0 Å². The van der Waals surface area contributed by atoms with E-state index in [-0.39, 0.29) is 34.2 Å². The summed E-state index contributed by atoms with van der Waals surface area (Å²) in [6.45, 7) is 3.91. The van der Waals surface area contributed by atoms with Crippen LogP contribution in [-0.2, 0) is 11.3 Å². The van der Waals surface area contributed by atoms with Crippen LogP contribution >= 0.6 is 0 Å². The molecule has 1 fully saturated rings. The monoisotopic (exact) mass is 525 g/mol. The third kappa shape index (κ3) is 4.56. The van der Waals surface area contributed by atoms with Gasteiger partial charge in [-0.2, -0.15) is 10.2 Å². The van der Waals surface area contributed by atoms with Crippen LogP contribution in [0.25, 0.3) is 16.9 Å². The van der Waals surface area contributed by atoms with Gasteiger partial charge in [0.05, 0.1) is 44.1 Å². The SMILES string of the molecule is CCn1ncc(NC(=O)c2cnn3c(C(F)F)cc(-c4ccccc4OC)nc23)c1C(=O)N1CCOCC1. The molecule has 2 amide bonds. The Morgan fingerprint density at radius 1 is 1.16 bits per heavy atom. The van der Waals surface area contributed by atoms with E-state index in [4.69, 9.17) is 9.47 Å². The van der Waals surface area contributed by atoms with Gasteiger partial charge in [-0.1, -0.05) is 12.1 Å². The maximum Gasteiger partial charge on any atom is 0.280 e. The molecule has 0 atom stereocenters. The highest BCUT2D eigenvalue weighted by molar-refractivity contribution is 6.11. The summed E-state index contributed by atoms with van der Waals surface area (Å²) in [6.07, 6.45) is -0.326. The standard InChI is InChI=1S/C25H25F2N7O4/c1-3-33-21(25(36)32-8-10-38-11-9-32)18(14-28-33)31-24(35)16-13-29-34-19(22(26)27)12-17(30-23(16)34)15-6-4-5-7-20(15)37-2/h4-7,12-14,22H,3,8-11H2,1-2H3,(H,31,35). The number of rotatable bonds is 7. The van der Waals surface area contributed by atoms with Crippen LogP contribution in [0.15, 0.2) is 42.7 Å². The molecule has 0 aliphatic carbocycles. The number of benzene rings is 1. The average molecular weight is 526 g/mol. The van der Waals surface area contributed by atoms with Gasteiger partial charge in [-0.3, -0.25) is 14.3 Å². The lowest BCUT2D eigenvalue weighted by Gasteiger charge is -2.27. The number of aryl methyl sites for hydroxylation is 1. The average Bonchev–Trinajstić information content (AvgIpc) is 3.56. The third-order valence-electron chi connectivity index (χ3n) is 6.24. The first-order valence-corrected chi connectivity index (χ1v) is 12.0. The molecule has 0 radical (unpaired) electrons. The fourth-order valence-electron chi connectivity index (χ4n) is 4.34. The number of carbonyl (C=O) groups is 2. The third-order valence-corrected chi connectivity index (χ3v) is 6.24. The number of morpholine rings is 1. The quantitative estimate of drug-likeness (QED) is 0.394. The van der Waals surface area contributed by atoms with E-state index in [0.29, 0.717) is 44.2 Å². The Hall–Kier alpha value is -4.39. The summed E-state index contributed by atoms with van der Waals surface area (Å²) in [5, 5.41) is 10.9.